The van der Waals surface area contributed by atoms with Crippen molar-refractivity contribution in [3.63, 3.8) is 0 Å². The third-order valence-corrected chi connectivity index (χ3v) is 6.23. The number of hydrogen-bond donors (Lipinski definition) is 3. The van der Waals surface area contributed by atoms with Gasteiger partial charge in [0.15, 0.2) is 0 Å². The Morgan fingerprint density at radius 2 is 1.21 bits per heavy atom. The Bertz CT molecular complexity index is 493. The van der Waals surface area contributed by atoms with E-state index in [4.69, 9.17) is 0 Å². The van der Waals surface area contributed by atoms with Gasteiger partial charge in [0.05, 0.1) is 21.1 Å². The van der Waals surface area contributed by atoms with E-state index in [-0.39, 0.29) is 13.0 Å². The maximum Gasteiger partial charge on any atom is 0.362 e. The number of hydrogen-bond acceptors (Lipinski definition) is 2. The first-order valence-corrected chi connectivity index (χ1v) is 12.5. The van der Waals surface area contributed by atoms with Crippen molar-refractivity contribution in [2.45, 2.75) is 89.3 Å². The zero-order valence-electron chi connectivity index (χ0n) is 18.6. The van der Waals surface area contributed by atoms with E-state index in [9.17, 15) is 19.5 Å². The van der Waals surface area contributed by atoms with Crippen molar-refractivity contribution >= 4 is 7.60 Å². The van der Waals surface area contributed by atoms with Crippen molar-refractivity contribution in [3.05, 3.63) is 24.3 Å². The van der Waals surface area contributed by atoms with Gasteiger partial charge in [0.25, 0.3) is 0 Å². The molecule has 6 heteroatoms. The fraction of sp³-hybridized carbons (Fsp3) is 0.818. The normalized spacial score (nSPS) is 15.5. The van der Waals surface area contributed by atoms with Crippen molar-refractivity contribution < 1.29 is 23.9 Å². The van der Waals surface area contributed by atoms with Gasteiger partial charge >= 0.3 is 7.60 Å². The Hall–Kier alpha value is -0.450. The van der Waals surface area contributed by atoms with Crippen LogP contribution in [-0.4, -0.2) is 52.4 Å². The predicted octanol–water partition coefficient (Wildman–Crippen LogP) is 5.37. The summed E-state index contributed by atoms with van der Waals surface area (Å²) in [5.41, 5.74) is 0. The minimum Gasteiger partial charge on any atom is -0.373 e. The summed E-state index contributed by atoms with van der Waals surface area (Å²) in [4.78, 5) is 19.1. The lowest BCUT2D eigenvalue weighted by atomic mass is 10.1. The molecule has 0 aromatic heterocycles. The minimum atomic E-state index is -4.55. The molecule has 0 heterocycles. The van der Waals surface area contributed by atoms with Crippen LogP contribution in [0.15, 0.2) is 24.3 Å². The summed E-state index contributed by atoms with van der Waals surface area (Å²) >= 11 is 0. The van der Waals surface area contributed by atoms with Crippen molar-refractivity contribution in [1.82, 2.24) is 0 Å². The molecule has 0 amide bonds. The Kier molecular flexibility index (Phi) is 14.3. The van der Waals surface area contributed by atoms with Crippen LogP contribution < -0.4 is 0 Å². The van der Waals surface area contributed by atoms with Gasteiger partial charge in [0.2, 0.25) is 5.34 Å². The summed E-state index contributed by atoms with van der Waals surface area (Å²) in [6.07, 6.45) is 21.2. The zero-order valence-corrected chi connectivity index (χ0v) is 19.5. The van der Waals surface area contributed by atoms with Crippen molar-refractivity contribution in [1.29, 1.82) is 0 Å². The van der Waals surface area contributed by atoms with E-state index in [1.807, 2.05) is 21.1 Å². The number of aliphatic hydroxyl groups is 1. The van der Waals surface area contributed by atoms with Crippen LogP contribution >= 0.6 is 7.60 Å². The first-order valence-electron chi connectivity index (χ1n) is 10.9. The first-order chi connectivity index (χ1) is 13.0. The Balaban J connectivity index is 3.81. The highest BCUT2D eigenvalue weighted by molar-refractivity contribution is 7.53. The van der Waals surface area contributed by atoms with Crippen LogP contribution in [0.5, 0.6) is 0 Å². The molecule has 0 aromatic rings. The van der Waals surface area contributed by atoms with Gasteiger partial charge in [0, 0.05) is 0 Å². The largest absolute Gasteiger partial charge is 0.373 e. The Morgan fingerprint density at radius 3 is 1.64 bits per heavy atom. The minimum absolute atomic E-state index is 0.0505. The summed E-state index contributed by atoms with van der Waals surface area (Å²) in [5.74, 6) is 0. The molecular weight excluding hydrogens is 373 g/mol. The quantitative estimate of drug-likeness (QED) is 0.128. The van der Waals surface area contributed by atoms with E-state index in [2.05, 4.69) is 31.2 Å². The fourth-order valence-electron chi connectivity index (χ4n) is 3.32. The molecule has 0 rings (SSSR count). The van der Waals surface area contributed by atoms with Crippen LogP contribution in [0, 0.1) is 0 Å². The van der Waals surface area contributed by atoms with Crippen molar-refractivity contribution in [3.8, 4) is 0 Å². The molecular formula is C22H45NO4P+. The second-order valence-electron chi connectivity index (χ2n) is 8.92. The molecule has 0 bridgehead atoms. The number of nitrogens with zero attached hydrogens (tertiary/aromatic N) is 1. The average Bonchev–Trinajstić information content (AvgIpc) is 2.56. The highest BCUT2D eigenvalue weighted by Crippen LogP contribution is 2.52. The van der Waals surface area contributed by atoms with Gasteiger partial charge in [-0.2, -0.15) is 0 Å². The van der Waals surface area contributed by atoms with E-state index in [0.717, 1.165) is 38.5 Å². The molecule has 0 radical (unpaired) electrons. The molecule has 1 atom stereocenters. The number of rotatable bonds is 17. The molecule has 0 aliphatic heterocycles. The third-order valence-electron chi connectivity index (χ3n) is 4.78. The van der Waals surface area contributed by atoms with Crippen LogP contribution in [0.1, 0.15) is 84.0 Å². The van der Waals surface area contributed by atoms with E-state index in [1.54, 1.807) is 0 Å². The molecule has 28 heavy (non-hydrogen) atoms. The van der Waals surface area contributed by atoms with Gasteiger partial charge < -0.3 is 19.4 Å². The molecule has 0 aromatic carbocycles. The number of unbranched alkanes of at least 4 members (excludes halogenated alkanes) is 8. The lowest BCUT2D eigenvalue weighted by molar-refractivity contribution is -0.875. The molecule has 1 unspecified atom stereocenters. The average molecular weight is 419 g/mol. The van der Waals surface area contributed by atoms with Crippen molar-refractivity contribution in [2.75, 3.05) is 27.7 Å². The van der Waals surface area contributed by atoms with Crippen molar-refractivity contribution in [2.24, 2.45) is 0 Å². The Morgan fingerprint density at radius 1 is 0.786 bits per heavy atom. The summed E-state index contributed by atoms with van der Waals surface area (Å²) in [7, 11) is 0.942. The zero-order chi connectivity index (χ0) is 21.5. The number of likely N-dealkylation sites (N-methyl/N-ethyl adjacent to an activating group) is 1. The molecule has 0 aliphatic carbocycles. The molecule has 0 saturated carbocycles. The van der Waals surface area contributed by atoms with Gasteiger partial charge in [-0.1, -0.05) is 50.5 Å². The third kappa shape index (κ3) is 14.5. The molecule has 0 fully saturated rings. The van der Waals surface area contributed by atoms with Crippen LogP contribution in [0.25, 0.3) is 0 Å². The van der Waals surface area contributed by atoms with Gasteiger partial charge in [-0.15, -0.1) is 0 Å². The SMILES string of the molecule is CC/C=C\CCCCC/C=C\CCCCCCC(O)(C[N+](C)(C)C)P(=O)(O)O. The van der Waals surface area contributed by atoms with Crippen LogP contribution in [0.4, 0.5) is 0 Å². The first kappa shape index (κ1) is 27.5. The lowest BCUT2D eigenvalue weighted by Crippen LogP contribution is -2.49. The standard InChI is InChI=1S/C22H44NO4P/c1-5-6-7-8-9-10-11-12-13-14-15-16-17-18-19-20-22(24,28(25,26)27)21-23(2,3)4/h6-7,13-14,24H,5,8-12,15-21H2,1-4H3,(H-,25,26,27)/p+1/b7-6-,14-13-. The lowest BCUT2D eigenvalue weighted by Gasteiger charge is -2.35. The van der Waals surface area contributed by atoms with E-state index in [1.165, 1.54) is 25.7 Å². The second kappa shape index (κ2) is 14.5. The fourth-order valence-corrected chi connectivity index (χ4v) is 4.38. The monoisotopic (exact) mass is 418 g/mol. The summed E-state index contributed by atoms with van der Waals surface area (Å²) in [5, 5.41) is 8.57. The van der Waals surface area contributed by atoms with Gasteiger partial charge in [-0.3, -0.25) is 4.57 Å². The van der Waals surface area contributed by atoms with E-state index in [0.29, 0.717) is 10.9 Å². The van der Waals surface area contributed by atoms with Crippen LogP contribution in [-0.2, 0) is 4.57 Å². The number of quaternary nitrogens is 1. The maximum atomic E-state index is 11.7. The molecule has 0 spiro atoms. The second-order valence-corrected chi connectivity index (χ2v) is 10.8. The smallest absolute Gasteiger partial charge is 0.362 e. The topological polar surface area (TPSA) is 77.8 Å². The molecule has 0 saturated heterocycles. The van der Waals surface area contributed by atoms with Gasteiger partial charge in [-0.05, 0) is 57.8 Å². The molecule has 3 N–H and O–H groups in total. The summed E-state index contributed by atoms with van der Waals surface area (Å²) in [6.45, 7) is 2.21. The maximum absolute atomic E-state index is 11.7. The van der Waals surface area contributed by atoms with E-state index < -0.39 is 12.9 Å². The highest BCUT2D eigenvalue weighted by atomic mass is 31.2. The van der Waals surface area contributed by atoms with Gasteiger partial charge in [0.1, 0.15) is 6.54 Å². The molecule has 0 aliphatic rings. The van der Waals surface area contributed by atoms with Crippen LogP contribution in [0.3, 0.4) is 0 Å². The van der Waals surface area contributed by atoms with Crippen LogP contribution in [0.2, 0.25) is 0 Å². The summed E-state index contributed by atoms with van der Waals surface area (Å²) < 4.78 is 12.1. The van der Waals surface area contributed by atoms with Gasteiger partial charge in [-0.25, -0.2) is 0 Å². The Labute approximate surface area is 173 Å². The molecule has 5 nitrogen and oxygen atoms in total. The number of allylic oxidation sites excluding steroid dienone is 4. The molecule has 166 valence electrons. The highest BCUT2D eigenvalue weighted by Gasteiger charge is 2.48. The van der Waals surface area contributed by atoms with E-state index >= 15 is 0 Å². The predicted molar refractivity (Wildman–Crippen MR) is 119 cm³/mol. The summed E-state index contributed by atoms with van der Waals surface area (Å²) in [6, 6.07) is 0.